The predicted octanol–water partition coefficient (Wildman–Crippen LogP) is 4.25. The Morgan fingerprint density at radius 1 is 1.30 bits per heavy atom. The average Bonchev–Trinajstić information content (AvgIpc) is 2.48. The van der Waals surface area contributed by atoms with Crippen molar-refractivity contribution in [3.63, 3.8) is 0 Å². The first-order chi connectivity index (χ1) is 10.8. The minimum atomic E-state index is -0.394. The van der Waals surface area contributed by atoms with Crippen LogP contribution in [0.5, 0.6) is 5.75 Å². The monoisotopic (exact) mass is 333 g/mol. The fraction of sp³-hybridized carbons (Fsp3) is 0.444. The van der Waals surface area contributed by atoms with Crippen molar-refractivity contribution in [1.29, 1.82) is 0 Å². The maximum Gasteiger partial charge on any atom is 0.156 e. The molecule has 0 fully saturated rings. The van der Waals surface area contributed by atoms with Gasteiger partial charge < -0.3 is 10.5 Å². The van der Waals surface area contributed by atoms with Crippen LogP contribution >= 0.6 is 11.6 Å². The number of pyridine rings is 2. The van der Waals surface area contributed by atoms with Gasteiger partial charge in [-0.2, -0.15) is 0 Å². The molecule has 1 atom stereocenters. The molecule has 4 nitrogen and oxygen atoms in total. The molecule has 2 aromatic rings. The Hall–Kier alpha value is -1.65. The topological polar surface area (TPSA) is 61.0 Å². The van der Waals surface area contributed by atoms with E-state index in [4.69, 9.17) is 22.1 Å². The number of halogens is 1. The van der Waals surface area contributed by atoms with Gasteiger partial charge in [-0.15, -0.1) is 0 Å². The Morgan fingerprint density at radius 2 is 1.96 bits per heavy atom. The van der Waals surface area contributed by atoms with Crippen molar-refractivity contribution in [2.24, 2.45) is 11.7 Å². The summed E-state index contributed by atoms with van der Waals surface area (Å²) in [7, 11) is 0. The summed E-state index contributed by atoms with van der Waals surface area (Å²) in [4.78, 5) is 8.51. The minimum Gasteiger partial charge on any atom is -0.488 e. The second-order valence-corrected chi connectivity index (χ2v) is 7.06. The largest absolute Gasteiger partial charge is 0.488 e. The van der Waals surface area contributed by atoms with Gasteiger partial charge in [0.05, 0.1) is 16.9 Å². The molecule has 0 aliphatic rings. The van der Waals surface area contributed by atoms with Gasteiger partial charge >= 0.3 is 0 Å². The van der Waals surface area contributed by atoms with Gasteiger partial charge in [0.15, 0.2) is 5.75 Å². The third-order valence-electron chi connectivity index (χ3n) is 3.60. The van der Waals surface area contributed by atoms with Crippen LogP contribution in [0.25, 0.3) is 11.3 Å². The number of aromatic nitrogens is 2. The van der Waals surface area contributed by atoms with Crippen LogP contribution in [0.2, 0.25) is 5.02 Å². The smallest absolute Gasteiger partial charge is 0.156 e. The zero-order chi connectivity index (χ0) is 17.0. The average molecular weight is 334 g/mol. The number of hydrogen-bond acceptors (Lipinski definition) is 4. The molecule has 0 saturated heterocycles. The first-order valence-corrected chi connectivity index (χ1v) is 8.15. The molecule has 2 heterocycles. The van der Waals surface area contributed by atoms with E-state index in [2.05, 4.69) is 23.8 Å². The van der Waals surface area contributed by atoms with Crippen LogP contribution in [0.3, 0.4) is 0 Å². The van der Waals surface area contributed by atoms with Crippen LogP contribution < -0.4 is 10.5 Å². The Bertz CT molecular complexity index is 657. The van der Waals surface area contributed by atoms with Gasteiger partial charge in [-0.05, 0) is 43.9 Å². The Morgan fingerprint density at radius 3 is 2.57 bits per heavy atom. The summed E-state index contributed by atoms with van der Waals surface area (Å²) >= 11 is 6.46. The Kier molecular flexibility index (Phi) is 5.60. The highest BCUT2D eigenvalue weighted by atomic mass is 35.5. The number of hydrogen-bond donors (Lipinski definition) is 1. The Balaban J connectivity index is 2.18. The molecular weight excluding hydrogens is 310 g/mol. The summed E-state index contributed by atoms with van der Waals surface area (Å²) in [6.45, 7) is 8.63. The number of ether oxygens (including phenoxy) is 1. The number of rotatable bonds is 6. The molecule has 5 heteroatoms. The van der Waals surface area contributed by atoms with Gasteiger partial charge in [0.2, 0.25) is 0 Å². The van der Waals surface area contributed by atoms with Crippen LogP contribution in [-0.2, 0) is 0 Å². The molecular formula is C18H24ClN3O. The van der Waals surface area contributed by atoms with Crippen molar-refractivity contribution in [3.05, 3.63) is 41.3 Å². The molecule has 0 aliphatic carbocycles. The lowest BCUT2D eigenvalue weighted by Gasteiger charge is -2.27. The summed E-state index contributed by atoms with van der Waals surface area (Å²) in [6, 6.07) is 3.82. The zero-order valence-corrected chi connectivity index (χ0v) is 14.9. The standard InChI is InChI=1S/C18H24ClN3O/c1-12(2)9-18(4,20)11-23-15-10-22-17(13(3)16(15)19)14-5-7-21-8-6-14/h5-8,10,12H,9,11,20H2,1-4H3/t18-/m0/s1. The molecule has 0 unspecified atom stereocenters. The lowest BCUT2D eigenvalue weighted by molar-refractivity contribution is 0.206. The van der Waals surface area contributed by atoms with E-state index < -0.39 is 5.54 Å². The van der Waals surface area contributed by atoms with E-state index in [-0.39, 0.29) is 0 Å². The lowest BCUT2D eigenvalue weighted by atomic mass is 9.93. The molecule has 0 radical (unpaired) electrons. The van der Waals surface area contributed by atoms with Crippen LogP contribution in [0.1, 0.15) is 32.8 Å². The molecule has 0 amide bonds. The molecule has 0 saturated carbocycles. The summed E-state index contributed by atoms with van der Waals surface area (Å²) in [6.07, 6.45) is 6.02. The molecule has 124 valence electrons. The van der Waals surface area contributed by atoms with Crippen molar-refractivity contribution in [2.45, 2.75) is 39.7 Å². The van der Waals surface area contributed by atoms with Gasteiger partial charge in [0.25, 0.3) is 0 Å². The van der Waals surface area contributed by atoms with Gasteiger partial charge in [-0.25, -0.2) is 0 Å². The van der Waals surface area contributed by atoms with Gasteiger partial charge in [-0.3, -0.25) is 9.97 Å². The van der Waals surface area contributed by atoms with Crippen LogP contribution in [0.15, 0.2) is 30.7 Å². The summed E-state index contributed by atoms with van der Waals surface area (Å²) in [5, 5.41) is 0.576. The van der Waals surface area contributed by atoms with E-state index in [0.717, 1.165) is 23.2 Å². The van der Waals surface area contributed by atoms with E-state index in [1.165, 1.54) is 0 Å². The lowest BCUT2D eigenvalue weighted by Crippen LogP contribution is -2.43. The highest BCUT2D eigenvalue weighted by molar-refractivity contribution is 6.33. The second kappa shape index (κ2) is 7.28. The first-order valence-electron chi connectivity index (χ1n) is 7.77. The normalized spacial score (nSPS) is 13.9. The molecule has 2 rings (SSSR count). The summed E-state index contributed by atoms with van der Waals surface area (Å²) in [5.74, 6) is 1.08. The van der Waals surface area contributed by atoms with Crippen LogP contribution in [0.4, 0.5) is 0 Å². The molecule has 0 aromatic carbocycles. The molecule has 0 bridgehead atoms. The highest BCUT2D eigenvalue weighted by Crippen LogP contribution is 2.33. The van der Waals surface area contributed by atoms with Gasteiger partial charge in [-0.1, -0.05) is 25.4 Å². The Labute approximate surface area is 143 Å². The number of nitrogens with zero attached hydrogens (tertiary/aromatic N) is 2. The van der Waals surface area contributed by atoms with Crippen LogP contribution in [-0.4, -0.2) is 22.1 Å². The fourth-order valence-electron chi connectivity index (χ4n) is 2.70. The second-order valence-electron chi connectivity index (χ2n) is 6.69. The fourth-order valence-corrected chi connectivity index (χ4v) is 2.89. The summed E-state index contributed by atoms with van der Waals surface area (Å²) < 4.78 is 5.84. The molecule has 0 aliphatic heterocycles. The van der Waals surface area contributed by atoms with E-state index in [1.54, 1.807) is 18.6 Å². The quantitative estimate of drug-likeness (QED) is 0.858. The van der Waals surface area contributed by atoms with Crippen molar-refractivity contribution in [3.8, 4) is 17.0 Å². The molecule has 2 aromatic heterocycles. The maximum atomic E-state index is 6.46. The predicted molar refractivity (Wildman–Crippen MR) is 94.8 cm³/mol. The summed E-state index contributed by atoms with van der Waals surface area (Å²) in [5.41, 5.74) is 8.59. The van der Waals surface area contributed by atoms with E-state index in [9.17, 15) is 0 Å². The van der Waals surface area contributed by atoms with E-state index in [1.807, 2.05) is 26.0 Å². The van der Waals surface area contributed by atoms with Crippen molar-refractivity contribution in [2.75, 3.05) is 6.61 Å². The molecule has 2 N–H and O–H groups in total. The molecule has 23 heavy (non-hydrogen) atoms. The zero-order valence-electron chi connectivity index (χ0n) is 14.1. The minimum absolute atomic E-state index is 0.394. The highest BCUT2D eigenvalue weighted by Gasteiger charge is 2.22. The van der Waals surface area contributed by atoms with Crippen molar-refractivity contribution >= 4 is 11.6 Å². The maximum absolute atomic E-state index is 6.46. The molecule has 0 spiro atoms. The van der Waals surface area contributed by atoms with E-state index >= 15 is 0 Å². The van der Waals surface area contributed by atoms with Gasteiger partial charge in [0, 0.05) is 23.5 Å². The van der Waals surface area contributed by atoms with Gasteiger partial charge in [0.1, 0.15) is 6.61 Å². The van der Waals surface area contributed by atoms with Crippen LogP contribution in [0, 0.1) is 12.8 Å². The number of nitrogens with two attached hydrogens (primary N) is 1. The van der Waals surface area contributed by atoms with Crippen molar-refractivity contribution in [1.82, 2.24) is 9.97 Å². The third kappa shape index (κ3) is 4.66. The SMILES string of the molecule is Cc1c(-c2ccncc2)ncc(OC[C@@](C)(N)CC(C)C)c1Cl. The van der Waals surface area contributed by atoms with E-state index in [0.29, 0.717) is 23.3 Å². The first kappa shape index (κ1) is 17.7. The van der Waals surface area contributed by atoms with Crippen molar-refractivity contribution < 1.29 is 4.74 Å². The third-order valence-corrected chi connectivity index (χ3v) is 4.07.